The number of nitrogens with zero attached hydrogens (tertiary/aromatic N) is 1. The van der Waals surface area contributed by atoms with Crippen LogP contribution in [0.3, 0.4) is 0 Å². The van der Waals surface area contributed by atoms with Gasteiger partial charge >= 0.3 is 12.4 Å². The highest BCUT2D eigenvalue weighted by molar-refractivity contribution is 5.76. The van der Waals surface area contributed by atoms with E-state index in [9.17, 15) is 31.1 Å². The molecule has 0 bridgehead atoms. The maximum Gasteiger partial charge on any atom is 0.416 e. The van der Waals surface area contributed by atoms with Crippen molar-refractivity contribution in [2.45, 2.75) is 31.6 Å². The Hall–Kier alpha value is -1.73. The molecular formula is C15H15F6NO. The number of amides is 1. The van der Waals surface area contributed by atoms with Gasteiger partial charge in [-0.1, -0.05) is 18.2 Å². The first-order valence-corrected chi connectivity index (χ1v) is 7.08. The van der Waals surface area contributed by atoms with Crippen LogP contribution in [0.5, 0.6) is 0 Å². The summed E-state index contributed by atoms with van der Waals surface area (Å²) >= 11 is 0. The van der Waals surface area contributed by atoms with Crippen LogP contribution in [-0.2, 0) is 17.4 Å². The van der Waals surface area contributed by atoms with Crippen LogP contribution in [0.1, 0.15) is 24.0 Å². The Morgan fingerprint density at radius 1 is 1.17 bits per heavy atom. The van der Waals surface area contributed by atoms with Crippen LogP contribution in [0.2, 0.25) is 0 Å². The topological polar surface area (TPSA) is 20.3 Å². The van der Waals surface area contributed by atoms with E-state index >= 15 is 0 Å². The van der Waals surface area contributed by atoms with Gasteiger partial charge in [0.2, 0.25) is 5.91 Å². The highest BCUT2D eigenvalue weighted by Crippen LogP contribution is 2.34. The molecule has 0 N–H and O–H groups in total. The third-order valence-corrected chi connectivity index (χ3v) is 3.89. The summed E-state index contributed by atoms with van der Waals surface area (Å²) in [6.45, 7) is -0.337. The van der Waals surface area contributed by atoms with E-state index in [1.165, 1.54) is 12.1 Å². The monoisotopic (exact) mass is 339 g/mol. The van der Waals surface area contributed by atoms with Crippen molar-refractivity contribution in [3.8, 4) is 0 Å². The van der Waals surface area contributed by atoms with Crippen LogP contribution >= 0.6 is 0 Å². The second-order valence-electron chi connectivity index (χ2n) is 5.57. The predicted molar refractivity (Wildman–Crippen MR) is 70.5 cm³/mol. The quantitative estimate of drug-likeness (QED) is 0.761. The van der Waals surface area contributed by atoms with E-state index in [1.54, 1.807) is 0 Å². The fourth-order valence-corrected chi connectivity index (χ4v) is 2.57. The fraction of sp³-hybridized carbons (Fsp3) is 0.533. The van der Waals surface area contributed by atoms with Gasteiger partial charge in [0.1, 0.15) is 0 Å². The largest absolute Gasteiger partial charge is 0.416 e. The molecule has 0 aromatic heterocycles. The molecule has 0 saturated carbocycles. The van der Waals surface area contributed by atoms with E-state index in [4.69, 9.17) is 0 Å². The summed E-state index contributed by atoms with van der Waals surface area (Å²) < 4.78 is 75.4. The van der Waals surface area contributed by atoms with E-state index in [0.29, 0.717) is 5.56 Å². The van der Waals surface area contributed by atoms with Gasteiger partial charge in [-0.05, 0) is 24.5 Å². The summed E-state index contributed by atoms with van der Waals surface area (Å²) in [5.74, 6) is -1.98. The number of hydrogen-bond acceptors (Lipinski definition) is 1. The van der Waals surface area contributed by atoms with Crippen molar-refractivity contribution >= 4 is 5.91 Å². The van der Waals surface area contributed by atoms with Gasteiger partial charge in [0, 0.05) is 19.5 Å². The highest BCUT2D eigenvalue weighted by Gasteiger charge is 2.44. The Morgan fingerprint density at radius 2 is 1.87 bits per heavy atom. The number of benzene rings is 1. The third-order valence-electron chi connectivity index (χ3n) is 3.89. The van der Waals surface area contributed by atoms with Gasteiger partial charge < -0.3 is 4.90 Å². The molecule has 1 aliphatic heterocycles. The smallest absolute Gasteiger partial charge is 0.342 e. The van der Waals surface area contributed by atoms with Gasteiger partial charge in [0.25, 0.3) is 0 Å². The normalized spacial score (nSPS) is 19.2. The fourth-order valence-electron chi connectivity index (χ4n) is 2.57. The third kappa shape index (κ3) is 4.62. The second kappa shape index (κ2) is 6.41. The van der Waals surface area contributed by atoms with Crippen molar-refractivity contribution in [2.24, 2.45) is 5.92 Å². The van der Waals surface area contributed by atoms with E-state index in [1.807, 2.05) is 0 Å². The molecule has 0 spiro atoms. The summed E-state index contributed by atoms with van der Waals surface area (Å²) in [5.41, 5.74) is -0.472. The molecule has 23 heavy (non-hydrogen) atoms. The van der Waals surface area contributed by atoms with Gasteiger partial charge in [-0.3, -0.25) is 4.79 Å². The lowest BCUT2D eigenvalue weighted by atomic mass is 10.1. The average Bonchev–Trinajstić information content (AvgIpc) is 2.94. The van der Waals surface area contributed by atoms with E-state index in [-0.39, 0.29) is 32.4 Å². The maximum atomic E-state index is 12.6. The first kappa shape index (κ1) is 17.6. The second-order valence-corrected chi connectivity index (χ2v) is 5.57. The number of likely N-dealkylation sites (tertiary alicyclic amines) is 1. The summed E-state index contributed by atoms with van der Waals surface area (Å²) in [4.78, 5) is 13.0. The van der Waals surface area contributed by atoms with Gasteiger partial charge in [0.05, 0.1) is 11.5 Å². The molecule has 8 heteroatoms. The van der Waals surface area contributed by atoms with Gasteiger partial charge in [-0.2, -0.15) is 26.3 Å². The van der Waals surface area contributed by atoms with Crippen molar-refractivity contribution in [2.75, 3.05) is 13.1 Å². The zero-order chi connectivity index (χ0) is 17.3. The number of hydrogen-bond donors (Lipinski definition) is 0. The molecule has 2 nitrogen and oxygen atoms in total. The number of rotatable bonds is 3. The van der Waals surface area contributed by atoms with Crippen molar-refractivity contribution in [3.63, 3.8) is 0 Å². The Morgan fingerprint density at radius 3 is 2.43 bits per heavy atom. The Balaban J connectivity index is 1.91. The van der Waals surface area contributed by atoms with Crippen molar-refractivity contribution in [3.05, 3.63) is 35.4 Å². The van der Waals surface area contributed by atoms with Crippen molar-refractivity contribution < 1.29 is 31.1 Å². The van der Waals surface area contributed by atoms with E-state index in [0.717, 1.165) is 17.0 Å². The minimum atomic E-state index is -4.46. The molecule has 0 radical (unpaired) electrons. The first-order chi connectivity index (χ1) is 10.6. The number of carbonyl (C=O) groups is 1. The van der Waals surface area contributed by atoms with Crippen LogP contribution in [0, 0.1) is 5.92 Å². The maximum absolute atomic E-state index is 12.6. The molecule has 0 unspecified atom stereocenters. The Bertz CT molecular complexity index is 566. The summed E-state index contributed by atoms with van der Waals surface area (Å²) in [5, 5.41) is 0. The van der Waals surface area contributed by atoms with Crippen LogP contribution in [-0.4, -0.2) is 30.1 Å². The number of carbonyl (C=O) groups excluding carboxylic acids is 1. The molecule has 1 aromatic carbocycles. The molecule has 128 valence electrons. The standard InChI is InChI=1S/C15H15F6NO/c16-14(17,18)11-3-1-2-10(8-11)4-5-13(23)22-7-6-12(9-22)15(19,20)21/h1-3,8,12H,4-7,9H2/t12-/m1/s1. The molecular weight excluding hydrogens is 324 g/mol. The minimum absolute atomic E-state index is 0.0333. The zero-order valence-corrected chi connectivity index (χ0v) is 12.0. The molecule has 0 aliphatic carbocycles. The highest BCUT2D eigenvalue weighted by atomic mass is 19.4. The van der Waals surface area contributed by atoms with Crippen LogP contribution < -0.4 is 0 Å². The van der Waals surface area contributed by atoms with Gasteiger partial charge in [0.15, 0.2) is 0 Å². The Kier molecular flexibility index (Phi) is 4.91. The average molecular weight is 339 g/mol. The molecule has 1 atom stereocenters. The number of halogens is 6. The molecule has 2 rings (SSSR count). The van der Waals surface area contributed by atoms with Gasteiger partial charge in [-0.25, -0.2) is 0 Å². The zero-order valence-electron chi connectivity index (χ0n) is 12.0. The van der Waals surface area contributed by atoms with Crippen LogP contribution in [0.4, 0.5) is 26.3 Å². The first-order valence-electron chi connectivity index (χ1n) is 7.08. The molecule has 1 aliphatic rings. The summed E-state index contributed by atoms with van der Waals surface area (Å²) in [6.07, 6.45) is -8.95. The lowest BCUT2D eigenvalue weighted by molar-refractivity contribution is -0.171. The van der Waals surface area contributed by atoms with Crippen LogP contribution in [0.25, 0.3) is 0 Å². The SMILES string of the molecule is O=C(CCc1cccc(C(F)(F)F)c1)N1CC[C@@H](C(F)(F)F)C1. The van der Waals surface area contributed by atoms with Crippen LogP contribution in [0.15, 0.2) is 24.3 Å². The molecule has 1 heterocycles. The molecule has 1 saturated heterocycles. The summed E-state index contributed by atoms with van der Waals surface area (Å²) in [7, 11) is 0. The molecule has 1 amide bonds. The Labute approximate surface area is 129 Å². The number of alkyl halides is 6. The summed E-state index contributed by atoms with van der Waals surface area (Å²) in [6, 6.07) is 4.60. The lowest BCUT2D eigenvalue weighted by Crippen LogP contribution is -2.32. The van der Waals surface area contributed by atoms with Gasteiger partial charge in [-0.15, -0.1) is 0 Å². The van der Waals surface area contributed by atoms with Crippen molar-refractivity contribution in [1.29, 1.82) is 0 Å². The molecule has 1 fully saturated rings. The van der Waals surface area contributed by atoms with Crippen molar-refractivity contribution in [1.82, 2.24) is 4.90 Å². The number of aryl methyl sites for hydroxylation is 1. The minimum Gasteiger partial charge on any atom is -0.342 e. The predicted octanol–water partition coefficient (Wildman–Crippen LogP) is 4.05. The lowest BCUT2D eigenvalue weighted by Gasteiger charge is -2.18. The van der Waals surface area contributed by atoms with E-state index in [2.05, 4.69) is 0 Å². The molecule has 1 aromatic rings. The van der Waals surface area contributed by atoms with E-state index < -0.39 is 29.7 Å².